The third-order valence-corrected chi connectivity index (χ3v) is 3.51. The van der Waals surface area contributed by atoms with E-state index in [-0.39, 0.29) is 23.4 Å². The van der Waals surface area contributed by atoms with Gasteiger partial charge in [-0.1, -0.05) is 18.5 Å². The van der Waals surface area contributed by atoms with Gasteiger partial charge in [0.1, 0.15) is 5.82 Å². The van der Waals surface area contributed by atoms with Crippen molar-refractivity contribution in [2.45, 2.75) is 26.3 Å². The Hall–Kier alpha value is -1.66. The zero-order valence-corrected chi connectivity index (χ0v) is 13.7. The number of benzene rings is 1. The van der Waals surface area contributed by atoms with Gasteiger partial charge in [0.25, 0.3) is 0 Å². The summed E-state index contributed by atoms with van der Waals surface area (Å²) in [5, 5.41) is 5.50. The van der Waals surface area contributed by atoms with Gasteiger partial charge in [0.05, 0.1) is 23.3 Å². The van der Waals surface area contributed by atoms with Crippen molar-refractivity contribution in [1.29, 1.82) is 0 Å². The smallest absolute Gasteiger partial charge is 0.241 e. The summed E-state index contributed by atoms with van der Waals surface area (Å²) in [5.41, 5.74) is 0.337. The predicted octanol–water partition coefficient (Wildman–Crippen LogP) is 2.26. The van der Waals surface area contributed by atoms with Crippen LogP contribution in [0.5, 0.6) is 0 Å². The molecule has 22 heavy (non-hydrogen) atoms. The van der Waals surface area contributed by atoms with E-state index in [1.807, 2.05) is 6.92 Å². The fourth-order valence-electron chi connectivity index (χ4n) is 1.71. The van der Waals surface area contributed by atoms with Crippen LogP contribution in [0, 0.1) is 5.82 Å². The van der Waals surface area contributed by atoms with Crippen LogP contribution in [-0.4, -0.2) is 42.9 Å². The van der Waals surface area contributed by atoms with Crippen molar-refractivity contribution in [3.05, 3.63) is 29.0 Å². The lowest BCUT2D eigenvalue weighted by atomic mass is 10.2. The van der Waals surface area contributed by atoms with Crippen LogP contribution in [0.1, 0.15) is 20.3 Å². The molecule has 0 unspecified atom stereocenters. The summed E-state index contributed by atoms with van der Waals surface area (Å²) in [6, 6.07) is 3.21. The highest BCUT2D eigenvalue weighted by molar-refractivity contribution is 6.33. The fourth-order valence-corrected chi connectivity index (χ4v) is 1.93. The average Bonchev–Trinajstić information content (AvgIpc) is 2.46. The molecule has 0 aliphatic heterocycles. The second-order valence-electron chi connectivity index (χ2n) is 5.05. The Morgan fingerprint density at radius 3 is 2.68 bits per heavy atom. The predicted molar refractivity (Wildman–Crippen MR) is 85.4 cm³/mol. The first-order chi connectivity index (χ1) is 10.3. The van der Waals surface area contributed by atoms with Crippen LogP contribution in [0.4, 0.5) is 10.1 Å². The molecule has 0 spiro atoms. The SMILES string of the molecule is CCCNC(=O)CN(C)[C@@H](C)C(=O)Nc1ccc(F)cc1Cl. The minimum atomic E-state index is -0.534. The number of hydrogen-bond acceptors (Lipinski definition) is 3. The van der Waals surface area contributed by atoms with E-state index < -0.39 is 11.9 Å². The van der Waals surface area contributed by atoms with Gasteiger partial charge in [-0.25, -0.2) is 4.39 Å². The molecule has 2 amide bonds. The topological polar surface area (TPSA) is 61.4 Å². The number of rotatable bonds is 7. The maximum atomic E-state index is 13.0. The molecule has 0 bridgehead atoms. The molecule has 0 saturated carbocycles. The maximum Gasteiger partial charge on any atom is 0.241 e. The van der Waals surface area contributed by atoms with Gasteiger partial charge in [0.15, 0.2) is 0 Å². The molecular formula is C15H21ClFN3O2. The molecule has 0 aliphatic rings. The van der Waals surface area contributed by atoms with E-state index in [4.69, 9.17) is 11.6 Å². The quantitative estimate of drug-likeness (QED) is 0.806. The van der Waals surface area contributed by atoms with Crippen molar-refractivity contribution < 1.29 is 14.0 Å². The summed E-state index contributed by atoms with van der Waals surface area (Å²) >= 11 is 5.87. The molecular weight excluding hydrogens is 309 g/mol. The first kappa shape index (κ1) is 18.4. The van der Waals surface area contributed by atoms with Crippen molar-refractivity contribution >= 4 is 29.1 Å². The van der Waals surface area contributed by atoms with Crippen LogP contribution in [0.15, 0.2) is 18.2 Å². The molecule has 0 aliphatic carbocycles. The molecule has 1 aromatic rings. The summed E-state index contributed by atoms with van der Waals surface area (Å²) in [5.74, 6) is -0.927. The van der Waals surface area contributed by atoms with Crippen molar-refractivity contribution in [3.63, 3.8) is 0 Å². The summed E-state index contributed by atoms with van der Waals surface area (Å²) in [7, 11) is 1.68. The molecule has 7 heteroatoms. The summed E-state index contributed by atoms with van der Waals surface area (Å²) < 4.78 is 13.0. The first-order valence-corrected chi connectivity index (χ1v) is 7.45. The molecule has 122 valence electrons. The van der Waals surface area contributed by atoms with Gasteiger partial charge in [0.2, 0.25) is 11.8 Å². The lowest BCUT2D eigenvalue weighted by Gasteiger charge is -2.23. The number of anilines is 1. The van der Waals surface area contributed by atoms with E-state index in [9.17, 15) is 14.0 Å². The highest BCUT2D eigenvalue weighted by atomic mass is 35.5. The van der Waals surface area contributed by atoms with Gasteiger partial charge >= 0.3 is 0 Å². The zero-order valence-electron chi connectivity index (χ0n) is 13.0. The van der Waals surface area contributed by atoms with Gasteiger partial charge in [-0.05, 0) is 38.6 Å². The lowest BCUT2D eigenvalue weighted by Crippen LogP contribution is -2.44. The Kier molecular flexibility index (Phi) is 7.27. The van der Waals surface area contributed by atoms with Crippen molar-refractivity contribution in [3.8, 4) is 0 Å². The van der Waals surface area contributed by atoms with E-state index in [0.29, 0.717) is 12.2 Å². The van der Waals surface area contributed by atoms with Crippen LogP contribution < -0.4 is 10.6 Å². The van der Waals surface area contributed by atoms with Gasteiger partial charge in [-0.2, -0.15) is 0 Å². The minimum Gasteiger partial charge on any atom is -0.355 e. The van der Waals surface area contributed by atoms with E-state index in [1.165, 1.54) is 12.1 Å². The molecule has 0 radical (unpaired) electrons. The standard InChI is InChI=1S/C15H21ClFN3O2/c1-4-7-18-14(21)9-20(3)10(2)15(22)19-13-6-5-11(17)8-12(13)16/h5-6,8,10H,4,7,9H2,1-3H3,(H,18,21)(H,19,22)/t10-/m0/s1. The van der Waals surface area contributed by atoms with Crippen molar-refractivity contribution in [2.24, 2.45) is 0 Å². The largest absolute Gasteiger partial charge is 0.355 e. The number of carbonyl (C=O) groups excluding carboxylic acids is 2. The minimum absolute atomic E-state index is 0.117. The normalized spacial score (nSPS) is 12.1. The van der Waals surface area contributed by atoms with Crippen LogP contribution in [0.25, 0.3) is 0 Å². The monoisotopic (exact) mass is 329 g/mol. The van der Waals surface area contributed by atoms with Crippen LogP contribution in [0.2, 0.25) is 5.02 Å². The molecule has 1 atom stereocenters. The van der Waals surface area contributed by atoms with Crippen molar-refractivity contribution in [2.75, 3.05) is 25.5 Å². The Balaban J connectivity index is 2.58. The third kappa shape index (κ3) is 5.61. The number of likely N-dealkylation sites (N-methyl/N-ethyl adjacent to an activating group) is 1. The lowest BCUT2D eigenvalue weighted by molar-refractivity contribution is -0.124. The number of amides is 2. The fraction of sp³-hybridized carbons (Fsp3) is 0.467. The Morgan fingerprint density at radius 1 is 1.41 bits per heavy atom. The van der Waals surface area contributed by atoms with Crippen LogP contribution in [-0.2, 0) is 9.59 Å². The van der Waals surface area contributed by atoms with Gasteiger partial charge in [-0.3, -0.25) is 14.5 Å². The molecule has 0 aromatic heterocycles. The highest BCUT2D eigenvalue weighted by Crippen LogP contribution is 2.22. The maximum absolute atomic E-state index is 13.0. The molecule has 2 N–H and O–H groups in total. The number of nitrogens with zero attached hydrogens (tertiary/aromatic N) is 1. The molecule has 5 nitrogen and oxygen atoms in total. The van der Waals surface area contributed by atoms with Gasteiger partial charge in [-0.15, -0.1) is 0 Å². The second-order valence-corrected chi connectivity index (χ2v) is 5.46. The summed E-state index contributed by atoms with van der Waals surface area (Å²) in [6.45, 7) is 4.37. The molecule has 0 saturated heterocycles. The van der Waals surface area contributed by atoms with E-state index >= 15 is 0 Å². The molecule has 0 heterocycles. The molecule has 0 fully saturated rings. The van der Waals surface area contributed by atoms with Crippen LogP contribution >= 0.6 is 11.6 Å². The number of nitrogens with one attached hydrogen (secondary N) is 2. The second kappa shape index (κ2) is 8.70. The number of hydrogen-bond donors (Lipinski definition) is 2. The van der Waals surface area contributed by atoms with Crippen molar-refractivity contribution in [1.82, 2.24) is 10.2 Å². The first-order valence-electron chi connectivity index (χ1n) is 7.08. The molecule has 1 aromatic carbocycles. The van der Waals surface area contributed by atoms with Gasteiger partial charge < -0.3 is 10.6 Å². The Labute approximate surface area is 134 Å². The Bertz CT molecular complexity index is 540. The number of carbonyl (C=O) groups is 2. The van der Waals surface area contributed by atoms with Gasteiger partial charge in [0, 0.05) is 6.54 Å². The van der Waals surface area contributed by atoms with E-state index in [1.54, 1.807) is 18.9 Å². The van der Waals surface area contributed by atoms with Crippen LogP contribution in [0.3, 0.4) is 0 Å². The summed E-state index contributed by atoms with van der Waals surface area (Å²) in [4.78, 5) is 25.4. The van der Waals surface area contributed by atoms with E-state index in [0.717, 1.165) is 12.5 Å². The number of halogens is 2. The highest BCUT2D eigenvalue weighted by Gasteiger charge is 2.20. The third-order valence-electron chi connectivity index (χ3n) is 3.19. The zero-order chi connectivity index (χ0) is 16.7. The summed E-state index contributed by atoms with van der Waals surface area (Å²) in [6.07, 6.45) is 0.856. The average molecular weight is 330 g/mol. The molecule has 1 rings (SSSR count). The Morgan fingerprint density at radius 2 is 2.09 bits per heavy atom. The van der Waals surface area contributed by atoms with E-state index in [2.05, 4.69) is 10.6 Å².